The van der Waals surface area contributed by atoms with Crippen LogP contribution >= 0.6 is 0 Å². The van der Waals surface area contributed by atoms with Gasteiger partial charge < -0.3 is 10.2 Å². The van der Waals surface area contributed by atoms with Crippen molar-refractivity contribution in [3.63, 3.8) is 0 Å². The molecule has 0 bridgehead atoms. The van der Waals surface area contributed by atoms with Crippen LogP contribution < -0.4 is 0 Å². The van der Waals surface area contributed by atoms with Gasteiger partial charge in [-0.05, 0) is 25.8 Å². The molecule has 0 aromatic heterocycles. The second-order valence-electron chi connectivity index (χ2n) is 4.46. The molecular weight excluding hydrogens is 188 g/mol. The topological polar surface area (TPSA) is 40.5 Å². The van der Waals surface area contributed by atoms with Crippen LogP contribution in [0.2, 0.25) is 0 Å². The van der Waals surface area contributed by atoms with E-state index in [1.807, 2.05) is 13.8 Å². The van der Waals surface area contributed by atoms with Crippen LogP contribution in [0.25, 0.3) is 0 Å². The molecule has 0 aromatic rings. The smallest absolute Gasteiger partial charge is 0.119 e. The van der Waals surface area contributed by atoms with Crippen LogP contribution in [0, 0.1) is 0 Å². The molecule has 0 rings (SSSR count). The SMILES string of the molecule is CCCCCCCCC(O)C(O)=C(C)C. The monoisotopic (exact) mass is 214 g/mol. The highest BCUT2D eigenvalue weighted by Gasteiger charge is 2.09. The molecular formula is C13H26O2. The van der Waals surface area contributed by atoms with Crippen molar-refractivity contribution in [3.05, 3.63) is 11.3 Å². The fraction of sp³-hybridized carbons (Fsp3) is 0.846. The number of hydrogen-bond acceptors (Lipinski definition) is 2. The maximum absolute atomic E-state index is 9.58. The Bertz CT molecular complexity index is 181. The Balaban J connectivity index is 3.48. The van der Waals surface area contributed by atoms with Gasteiger partial charge in [-0.2, -0.15) is 0 Å². The zero-order valence-corrected chi connectivity index (χ0v) is 10.4. The number of hydrogen-bond donors (Lipinski definition) is 2. The van der Waals surface area contributed by atoms with Crippen molar-refractivity contribution in [3.8, 4) is 0 Å². The zero-order chi connectivity index (χ0) is 11.7. The van der Waals surface area contributed by atoms with E-state index in [1.54, 1.807) is 0 Å². The Hall–Kier alpha value is -0.500. The number of aliphatic hydroxyl groups is 2. The van der Waals surface area contributed by atoms with E-state index in [0.717, 1.165) is 18.4 Å². The lowest BCUT2D eigenvalue weighted by Crippen LogP contribution is -2.11. The van der Waals surface area contributed by atoms with Crippen LogP contribution in [0.1, 0.15) is 65.7 Å². The van der Waals surface area contributed by atoms with Gasteiger partial charge in [0.25, 0.3) is 0 Å². The van der Waals surface area contributed by atoms with Gasteiger partial charge in [0.1, 0.15) is 11.9 Å². The average Bonchev–Trinajstić information content (AvgIpc) is 2.21. The van der Waals surface area contributed by atoms with Crippen molar-refractivity contribution in [2.24, 2.45) is 0 Å². The molecule has 0 aromatic carbocycles. The normalized spacial score (nSPS) is 12.5. The summed E-state index contributed by atoms with van der Waals surface area (Å²) in [6.45, 7) is 5.84. The first-order chi connectivity index (χ1) is 7.09. The molecule has 15 heavy (non-hydrogen) atoms. The third-order valence-electron chi connectivity index (χ3n) is 2.66. The second kappa shape index (κ2) is 8.78. The lowest BCUT2D eigenvalue weighted by atomic mass is 10.0. The minimum atomic E-state index is -0.652. The molecule has 0 spiro atoms. The van der Waals surface area contributed by atoms with E-state index in [9.17, 15) is 10.2 Å². The summed E-state index contributed by atoms with van der Waals surface area (Å²) in [4.78, 5) is 0. The molecule has 0 saturated carbocycles. The van der Waals surface area contributed by atoms with E-state index in [4.69, 9.17) is 0 Å². The Kier molecular flexibility index (Phi) is 8.49. The Morgan fingerprint density at radius 2 is 1.53 bits per heavy atom. The third-order valence-corrected chi connectivity index (χ3v) is 2.66. The first-order valence-electron chi connectivity index (χ1n) is 6.14. The van der Waals surface area contributed by atoms with Crippen LogP contribution in [0.4, 0.5) is 0 Å². The second-order valence-corrected chi connectivity index (χ2v) is 4.46. The summed E-state index contributed by atoms with van der Waals surface area (Å²) in [6.07, 6.45) is 7.31. The van der Waals surface area contributed by atoms with Crippen LogP contribution in [-0.2, 0) is 0 Å². The van der Waals surface area contributed by atoms with Crippen molar-refractivity contribution >= 4 is 0 Å². The van der Waals surface area contributed by atoms with Crippen molar-refractivity contribution in [1.29, 1.82) is 0 Å². The molecule has 2 nitrogen and oxygen atoms in total. The summed E-state index contributed by atoms with van der Waals surface area (Å²) >= 11 is 0. The summed E-state index contributed by atoms with van der Waals surface area (Å²) in [7, 11) is 0. The van der Waals surface area contributed by atoms with E-state index >= 15 is 0 Å². The molecule has 2 heteroatoms. The van der Waals surface area contributed by atoms with Crippen LogP contribution in [0.3, 0.4) is 0 Å². The number of aliphatic hydroxyl groups excluding tert-OH is 2. The van der Waals surface area contributed by atoms with Gasteiger partial charge in [0.2, 0.25) is 0 Å². The number of allylic oxidation sites excluding steroid dienone is 1. The summed E-state index contributed by atoms with van der Waals surface area (Å²) in [6, 6.07) is 0. The minimum absolute atomic E-state index is 0.156. The summed E-state index contributed by atoms with van der Waals surface area (Å²) in [5, 5.41) is 19.0. The van der Waals surface area contributed by atoms with Crippen LogP contribution in [0.15, 0.2) is 11.3 Å². The largest absolute Gasteiger partial charge is 0.510 e. The van der Waals surface area contributed by atoms with Gasteiger partial charge in [-0.1, -0.05) is 45.4 Å². The van der Waals surface area contributed by atoms with Crippen molar-refractivity contribution in [2.45, 2.75) is 71.8 Å². The highest BCUT2D eigenvalue weighted by atomic mass is 16.3. The van der Waals surface area contributed by atoms with E-state index < -0.39 is 6.10 Å². The number of rotatable bonds is 8. The van der Waals surface area contributed by atoms with Gasteiger partial charge in [-0.15, -0.1) is 0 Å². The highest BCUT2D eigenvalue weighted by Crippen LogP contribution is 2.13. The molecule has 2 N–H and O–H groups in total. The molecule has 1 atom stereocenters. The van der Waals surface area contributed by atoms with Gasteiger partial charge in [-0.3, -0.25) is 0 Å². The molecule has 1 unspecified atom stereocenters. The molecule has 0 aliphatic heterocycles. The van der Waals surface area contributed by atoms with Crippen molar-refractivity contribution in [2.75, 3.05) is 0 Å². The van der Waals surface area contributed by atoms with Crippen molar-refractivity contribution in [1.82, 2.24) is 0 Å². The van der Waals surface area contributed by atoms with Crippen LogP contribution in [0.5, 0.6) is 0 Å². The van der Waals surface area contributed by atoms with Gasteiger partial charge in [0.15, 0.2) is 0 Å². The molecule has 0 radical (unpaired) electrons. The summed E-state index contributed by atoms with van der Waals surface area (Å²) < 4.78 is 0. The predicted molar refractivity (Wildman–Crippen MR) is 65.0 cm³/mol. The lowest BCUT2D eigenvalue weighted by Gasteiger charge is -2.11. The molecule has 90 valence electrons. The maximum atomic E-state index is 9.58. The van der Waals surface area contributed by atoms with E-state index in [-0.39, 0.29) is 5.76 Å². The Morgan fingerprint density at radius 3 is 2.07 bits per heavy atom. The van der Waals surface area contributed by atoms with Gasteiger partial charge in [0.05, 0.1) is 0 Å². The first-order valence-corrected chi connectivity index (χ1v) is 6.14. The standard InChI is InChI=1S/C13H26O2/c1-4-5-6-7-8-9-10-12(14)13(15)11(2)3/h12,14-15H,4-10H2,1-3H3. The van der Waals surface area contributed by atoms with E-state index in [0.29, 0.717) is 6.42 Å². The van der Waals surface area contributed by atoms with Gasteiger partial charge >= 0.3 is 0 Å². The molecule has 0 fully saturated rings. The molecule has 0 aliphatic carbocycles. The van der Waals surface area contributed by atoms with Crippen molar-refractivity contribution < 1.29 is 10.2 Å². The van der Waals surface area contributed by atoms with Gasteiger partial charge in [-0.25, -0.2) is 0 Å². The lowest BCUT2D eigenvalue weighted by molar-refractivity contribution is 0.139. The Labute approximate surface area is 94.0 Å². The fourth-order valence-electron chi connectivity index (χ4n) is 1.59. The molecule has 0 aliphatic rings. The third kappa shape index (κ3) is 7.43. The quantitative estimate of drug-likeness (QED) is 0.474. The van der Waals surface area contributed by atoms with Gasteiger partial charge in [0, 0.05) is 0 Å². The van der Waals surface area contributed by atoms with E-state index in [2.05, 4.69) is 6.92 Å². The predicted octanol–water partition coefficient (Wildman–Crippen LogP) is 3.95. The summed E-state index contributed by atoms with van der Waals surface area (Å²) in [5.74, 6) is 0.156. The first kappa shape index (κ1) is 14.5. The van der Waals surface area contributed by atoms with E-state index in [1.165, 1.54) is 25.7 Å². The number of unbranched alkanes of at least 4 members (excludes halogenated alkanes) is 5. The van der Waals surface area contributed by atoms with Crippen LogP contribution in [-0.4, -0.2) is 16.3 Å². The maximum Gasteiger partial charge on any atom is 0.119 e. The fourth-order valence-corrected chi connectivity index (χ4v) is 1.59. The minimum Gasteiger partial charge on any atom is -0.510 e. The summed E-state index contributed by atoms with van der Waals surface area (Å²) in [5.41, 5.74) is 0.813. The molecule has 0 heterocycles. The molecule has 0 amide bonds. The zero-order valence-electron chi connectivity index (χ0n) is 10.4. The Morgan fingerprint density at radius 1 is 1.00 bits per heavy atom. The molecule has 0 saturated heterocycles. The average molecular weight is 214 g/mol. The highest BCUT2D eigenvalue weighted by molar-refractivity contribution is 5.05.